The number of allylic oxidation sites excluding steroid dienone is 4. The van der Waals surface area contributed by atoms with E-state index in [0.29, 0.717) is 11.3 Å². The molecule has 0 radical (unpaired) electrons. The van der Waals surface area contributed by atoms with E-state index in [-0.39, 0.29) is 5.78 Å². The number of hydrogen-bond donors (Lipinski definition) is 0. The van der Waals surface area contributed by atoms with Gasteiger partial charge in [0.05, 0.1) is 5.75 Å². The van der Waals surface area contributed by atoms with Crippen molar-refractivity contribution in [2.75, 3.05) is 5.75 Å². The highest BCUT2D eigenvalue weighted by Gasteiger charge is 2.05. The Labute approximate surface area is 128 Å². The Morgan fingerprint density at radius 1 is 1.10 bits per heavy atom. The minimum atomic E-state index is 0.0729. The van der Waals surface area contributed by atoms with Crippen LogP contribution in [0.4, 0.5) is 0 Å². The molecule has 0 fully saturated rings. The molecule has 0 atom stereocenters. The third-order valence-corrected chi connectivity index (χ3v) is 2.96. The van der Waals surface area contributed by atoms with Gasteiger partial charge in [-0.15, -0.1) is 11.8 Å². The molecule has 0 aliphatic heterocycles. The predicted molar refractivity (Wildman–Crippen MR) is 93.3 cm³/mol. The van der Waals surface area contributed by atoms with Gasteiger partial charge >= 0.3 is 0 Å². The summed E-state index contributed by atoms with van der Waals surface area (Å²) in [5.41, 5.74) is 0.610. The van der Waals surface area contributed by atoms with E-state index in [0.717, 1.165) is 4.90 Å². The molecule has 1 nitrogen and oxygen atoms in total. The molecule has 0 saturated carbocycles. The molecule has 0 unspecified atom stereocenters. The Balaban J connectivity index is 0. The summed E-state index contributed by atoms with van der Waals surface area (Å²) >= 11 is 1.53. The minimum Gasteiger partial charge on any atom is -0.293 e. The average molecular weight is 290 g/mol. The maximum absolute atomic E-state index is 11.7. The summed E-state index contributed by atoms with van der Waals surface area (Å²) in [4.78, 5) is 12.8. The lowest BCUT2D eigenvalue weighted by molar-refractivity contribution is -0.112. The molecule has 0 N–H and O–H groups in total. The van der Waals surface area contributed by atoms with Gasteiger partial charge in [0.1, 0.15) is 0 Å². The molecule has 20 heavy (non-hydrogen) atoms. The average Bonchev–Trinajstić information content (AvgIpc) is 2.55. The number of carbonyl (C=O) groups excluding carboxylic acids is 1. The molecule has 1 aromatic rings. The first-order valence-corrected chi connectivity index (χ1v) is 7.92. The molecule has 0 aromatic heterocycles. The summed E-state index contributed by atoms with van der Waals surface area (Å²) in [7, 11) is 0. The standard InChI is InChI=1S/C14H14OS.2C2H6/c1-3-8-12(4-2)14(15)11-16-13-9-6-5-7-10-13;2*1-2/h3-10H,1-2,11H2;2*1-2H3/b12-8+;;. The SMILES string of the molecule is C=C/C=C(\C=C)C(=O)CSc1ccccc1.CC.CC. The van der Waals surface area contributed by atoms with Crippen LogP contribution < -0.4 is 0 Å². The molecule has 1 aromatic carbocycles. The van der Waals surface area contributed by atoms with E-state index in [4.69, 9.17) is 0 Å². The summed E-state index contributed by atoms with van der Waals surface area (Å²) in [6.45, 7) is 15.2. The van der Waals surface area contributed by atoms with Crippen molar-refractivity contribution in [3.8, 4) is 0 Å². The second-order valence-corrected chi connectivity index (χ2v) is 4.14. The molecule has 2 heteroatoms. The normalized spacial score (nSPS) is 9.30. The molecule has 0 amide bonds. The van der Waals surface area contributed by atoms with E-state index in [9.17, 15) is 4.79 Å². The molecule has 1 rings (SSSR count). The van der Waals surface area contributed by atoms with Crippen LogP contribution in [0.5, 0.6) is 0 Å². The molecule has 0 bridgehead atoms. The summed E-state index contributed by atoms with van der Waals surface area (Å²) in [5.74, 6) is 0.499. The Morgan fingerprint density at radius 3 is 2.10 bits per heavy atom. The van der Waals surface area contributed by atoms with Gasteiger partial charge in [-0.2, -0.15) is 0 Å². The second-order valence-electron chi connectivity index (χ2n) is 3.09. The Bertz CT molecular complexity index is 405. The number of Topliss-reactive ketones (excluding diaryl/α,β-unsaturated/α-hetero) is 1. The van der Waals surface area contributed by atoms with Crippen molar-refractivity contribution in [1.82, 2.24) is 0 Å². The van der Waals surface area contributed by atoms with Gasteiger partial charge in [0.15, 0.2) is 5.78 Å². The van der Waals surface area contributed by atoms with E-state index < -0.39 is 0 Å². The number of carbonyl (C=O) groups is 1. The highest BCUT2D eigenvalue weighted by atomic mass is 32.2. The molecule has 0 spiro atoms. The third kappa shape index (κ3) is 9.40. The zero-order valence-electron chi connectivity index (χ0n) is 13.1. The lowest BCUT2D eigenvalue weighted by Crippen LogP contribution is -2.03. The first-order chi connectivity index (χ1) is 9.77. The van der Waals surface area contributed by atoms with E-state index in [1.54, 1.807) is 18.2 Å². The van der Waals surface area contributed by atoms with Crippen LogP contribution in [0, 0.1) is 0 Å². The quantitative estimate of drug-likeness (QED) is 0.380. The number of rotatable bonds is 6. The smallest absolute Gasteiger partial charge is 0.173 e. The van der Waals surface area contributed by atoms with Gasteiger partial charge in [-0.1, -0.05) is 77.3 Å². The molecule has 0 saturated heterocycles. The Kier molecular flexibility index (Phi) is 16.1. The largest absolute Gasteiger partial charge is 0.293 e. The van der Waals surface area contributed by atoms with Crippen LogP contribution in [0.15, 0.2) is 72.2 Å². The van der Waals surface area contributed by atoms with Gasteiger partial charge in [-0.3, -0.25) is 4.79 Å². The van der Waals surface area contributed by atoms with Crippen molar-refractivity contribution in [3.05, 3.63) is 67.3 Å². The van der Waals surface area contributed by atoms with Crippen molar-refractivity contribution < 1.29 is 4.79 Å². The first-order valence-electron chi connectivity index (χ1n) is 6.94. The van der Waals surface area contributed by atoms with E-state index in [2.05, 4.69) is 13.2 Å². The van der Waals surface area contributed by atoms with Gasteiger partial charge in [-0.25, -0.2) is 0 Å². The zero-order chi connectivity index (χ0) is 15.8. The van der Waals surface area contributed by atoms with Crippen molar-refractivity contribution in [2.24, 2.45) is 0 Å². The number of benzene rings is 1. The van der Waals surface area contributed by atoms with Gasteiger partial charge < -0.3 is 0 Å². The monoisotopic (exact) mass is 290 g/mol. The van der Waals surface area contributed by atoms with Crippen molar-refractivity contribution in [2.45, 2.75) is 32.6 Å². The van der Waals surface area contributed by atoms with Crippen LogP contribution >= 0.6 is 11.8 Å². The maximum atomic E-state index is 11.7. The lowest BCUT2D eigenvalue weighted by atomic mass is 10.2. The van der Waals surface area contributed by atoms with Crippen LogP contribution in [0.1, 0.15) is 27.7 Å². The predicted octanol–water partition coefficient (Wildman–Crippen LogP) is 5.70. The lowest BCUT2D eigenvalue weighted by Gasteiger charge is -2.01. The molecule has 0 heterocycles. The molecule has 0 aliphatic rings. The van der Waals surface area contributed by atoms with Crippen LogP contribution in [-0.2, 0) is 4.79 Å². The summed E-state index contributed by atoms with van der Waals surface area (Å²) in [6.07, 6.45) is 4.85. The van der Waals surface area contributed by atoms with Crippen molar-refractivity contribution in [3.63, 3.8) is 0 Å². The topological polar surface area (TPSA) is 17.1 Å². The first kappa shape index (κ1) is 20.8. The maximum Gasteiger partial charge on any atom is 0.173 e. The number of thioether (sulfide) groups is 1. The fraction of sp³-hybridized carbons (Fsp3) is 0.278. The van der Waals surface area contributed by atoms with Crippen LogP contribution in [-0.4, -0.2) is 11.5 Å². The molecular formula is C18H26OS. The van der Waals surface area contributed by atoms with Gasteiger partial charge in [0.25, 0.3) is 0 Å². The van der Waals surface area contributed by atoms with Crippen molar-refractivity contribution in [1.29, 1.82) is 0 Å². The fourth-order valence-electron chi connectivity index (χ4n) is 1.15. The highest BCUT2D eigenvalue weighted by molar-refractivity contribution is 8.00. The molecular weight excluding hydrogens is 264 g/mol. The minimum absolute atomic E-state index is 0.0729. The second kappa shape index (κ2) is 15.5. The zero-order valence-corrected chi connectivity index (χ0v) is 13.9. The van der Waals surface area contributed by atoms with Crippen molar-refractivity contribution >= 4 is 17.5 Å². The van der Waals surface area contributed by atoms with Crippen LogP contribution in [0.3, 0.4) is 0 Å². The fourth-order valence-corrected chi connectivity index (χ4v) is 1.96. The highest BCUT2D eigenvalue weighted by Crippen LogP contribution is 2.18. The van der Waals surface area contributed by atoms with Crippen LogP contribution in [0.2, 0.25) is 0 Å². The summed E-state index contributed by atoms with van der Waals surface area (Å²) in [5, 5.41) is 0. The Hall–Kier alpha value is -1.54. The van der Waals surface area contributed by atoms with Crippen LogP contribution in [0.25, 0.3) is 0 Å². The van der Waals surface area contributed by atoms with E-state index in [1.165, 1.54) is 11.8 Å². The molecule has 110 valence electrons. The Morgan fingerprint density at radius 2 is 1.65 bits per heavy atom. The van der Waals surface area contributed by atoms with Gasteiger partial charge in [0.2, 0.25) is 0 Å². The third-order valence-electron chi connectivity index (χ3n) is 1.95. The van der Waals surface area contributed by atoms with Gasteiger partial charge in [0, 0.05) is 10.5 Å². The molecule has 0 aliphatic carbocycles. The summed E-state index contributed by atoms with van der Waals surface area (Å²) in [6, 6.07) is 9.85. The number of hydrogen-bond acceptors (Lipinski definition) is 2. The van der Waals surface area contributed by atoms with Gasteiger partial charge in [-0.05, 0) is 12.1 Å². The van der Waals surface area contributed by atoms with E-state index in [1.807, 2.05) is 58.0 Å². The number of ketones is 1. The van der Waals surface area contributed by atoms with E-state index >= 15 is 0 Å². The summed E-state index contributed by atoms with van der Waals surface area (Å²) < 4.78 is 0.